The number of rotatable bonds is 4. The van der Waals surface area contributed by atoms with Gasteiger partial charge in [-0.3, -0.25) is 9.59 Å². The highest BCUT2D eigenvalue weighted by atomic mass is 19.4. The van der Waals surface area contributed by atoms with Crippen LogP contribution in [0.15, 0.2) is 24.3 Å². The van der Waals surface area contributed by atoms with Crippen molar-refractivity contribution in [1.29, 1.82) is 0 Å². The van der Waals surface area contributed by atoms with E-state index in [2.05, 4.69) is 0 Å². The summed E-state index contributed by atoms with van der Waals surface area (Å²) >= 11 is 0. The van der Waals surface area contributed by atoms with Crippen molar-refractivity contribution in [2.75, 3.05) is 25.0 Å². The van der Waals surface area contributed by atoms with Crippen LogP contribution in [0.3, 0.4) is 0 Å². The first kappa shape index (κ1) is 16.1. The van der Waals surface area contributed by atoms with Gasteiger partial charge >= 0.3 is 12.1 Å². The second kappa shape index (κ2) is 6.67. The number of ether oxygens (including phenoxy) is 1. The Morgan fingerprint density at radius 3 is 2.27 bits per heavy atom. The number of nitrogens with one attached hydrogen (secondary N) is 1. The SMILES string of the molecule is O=C(COc1ccc(NC(=O)C(F)(F)F)cc1)N1CCCC1. The van der Waals surface area contributed by atoms with Crippen molar-refractivity contribution < 1.29 is 27.5 Å². The van der Waals surface area contributed by atoms with Crippen molar-refractivity contribution in [2.24, 2.45) is 0 Å². The Kier molecular flexibility index (Phi) is 4.89. The van der Waals surface area contributed by atoms with Crippen LogP contribution in [-0.2, 0) is 9.59 Å². The predicted octanol–water partition coefficient (Wildman–Crippen LogP) is 2.19. The van der Waals surface area contributed by atoms with Crippen LogP contribution in [0.2, 0.25) is 0 Å². The van der Waals surface area contributed by atoms with Gasteiger partial charge in [-0.25, -0.2) is 0 Å². The summed E-state index contributed by atoms with van der Waals surface area (Å²) in [6.07, 6.45) is -2.96. The van der Waals surface area contributed by atoms with Crippen LogP contribution in [0.1, 0.15) is 12.8 Å². The number of amides is 2. The molecule has 1 fully saturated rings. The number of benzene rings is 1. The first-order valence-corrected chi connectivity index (χ1v) is 6.75. The third kappa shape index (κ3) is 4.37. The lowest BCUT2D eigenvalue weighted by Crippen LogP contribution is -2.32. The summed E-state index contributed by atoms with van der Waals surface area (Å²) in [6, 6.07) is 5.34. The Morgan fingerprint density at radius 1 is 1.14 bits per heavy atom. The van der Waals surface area contributed by atoms with Gasteiger partial charge in [0.25, 0.3) is 5.91 Å². The fraction of sp³-hybridized carbons (Fsp3) is 0.429. The van der Waals surface area contributed by atoms with E-state index >= 15 is 0 Å². The number of halogens is 3. The zero-order valence-electron chi connectivity index (χ0n) is 11.7. The Balaban J connectivity index is 1.84. The summed E-state index contributed by atoms with van der Waals surface area (Å²) in [5, 5.41) is 1.72. The normalized spacial score (nSPS) is 14.8. The molecule has 0 bridgehead atoms. The Labute approximate surface area is 125 Å². The van der Waals surface area contributed by atoms with Gasteiger partial charge in [-0.2, -0.15) is 13.2 Å². The predicted molar refractivity (Wildman–Crippen MR) is 72.4 cm³/mol. The number of hydrogen-bond acceptors (Lipinski definition) is 3. The van der Waals surface area contributed by atoms with Gasteiger partial charge in [0.1, 0.15) is 5.75 Å². The second-order valence-corrected chi connectivity index (χ2v) is 4.85. The van der Waals surface area contributed by atoms with Crippen LogP contribution in [0.4, 0.5) is 18.9 Å². The van der Waals surface area contributed by atoms with Crippen LogP contribution >= 0.6 is 0 Å². The molecule has 1 heterocycles. The minimum absolute atomic E-state index is 0.000504. The van der Waals surface area contributed by atoms with Crippen LogP contribution in [0.25, 0.3) is 0 Å². The standard InChI is InChI=1S/C14H15F3N2O3/c15-14(16,17)13(21)18-10-3-5-11(6-4-10)22-9-12(20)19-7-1-2-8-19/h3-6H,1-2,7-9H2,(H,18,21). The molecule has 1 N–H and O–H groups in total. The zero-order valence-corrected chi connectivity index (χ0v) is 11.7. The lowest BCUT2D eigenvalue weighted by atomic mass is 10.3. The number of nitrogens with zero attached hydrogens (tertiary/aromatic N) is 1. The van der Waals surface area contributed by atoms with E-state index in [0.717, 1.165) is 25.9 Å². The maximum Gasteiger partial charge on any atom is 0.471 e. The molecule has 1 aliphatic heterocycles. The van der Waals surface area contributed by atoms with Gasteiger partial charge in [0.15, 0.2) is 6.61 Å². The van der Waals surface area contributed by atoms with Crippen molar-refractivity contribution in [3.63, 3.8) is 0 Å². The van der Waals surface area contributed by atoms with Crippen LogP contribution < -0.4 is 10.1 Å². The van der Waals surface area contributed by atoms with E-state index in [0.29, 0.717) is 5.75 Å². The molecule has 120 valence electrons. The van der Waals surface area contributed by atoms with Gasteiger partial charge in [0.2, 0.25) is 0 Å². The molecular formula is C14H15F3N2O3. The van der Waals surface area contributed by atoms with Crippen LogP contribution in [0.5, 0.6) is 5.75 Å². The Bertz CT molecular complexity index is 537. The van der Waals surface area contributed by atoms with E-state index < -0.39 is 12.1 Å². The van der Waals surface area contributed by atoms with Crippen molar-refractivity contribution >= 4 is 17.5 Å². The van der Waals surface area contributed by atoms with Gasteiger partial charge in [-0.1, -0.05) is 0 Å². The van der Waals surface area contributed by atoms with Gasteiger partial charge < -0.3 is 15.0 Å². The van der Waals surface area contributed by atoms with Crippen molar-refractivity contribution in [3.05, 3.63) is 24.3 Å². The average Bonchev–Trinajstić information content (AvgIpc) is 2.99. The molecule has 0 radical (unpaired) electrons. The molecule has 1 saturated heterocycles. The summed E-state index contributed by atoms with van der Waals surface area (Å²) in [6.45, 7) is 1.34. The molecule has 0 saturated carbocycles. The number of carbonyl (C=O) groups is 2. The number of hydrogen-bond donors (Lipinski definition) is 1. The minimum Gasteiger partial charge on any atom is -0.484 e. The zero-order chi connectivity index (χ0) is 16.2. The van der Waals surface area contributed by atoms with E-state index in [-0.39, 0.29) is 18.2 Å². The largest absolute Gasteiger partial charge is 0.484 e. The molecule has 8 heteroatoms. The third-order valence-corrected chi connectivity index (χ3v) is 3.19. The van der Waals surface area contributed by atoms with Crippen LogP contribution in [-0.4, -0.2) is 42.6 Å². The van der Waals surface area contributed by atoms with Gasteiger partial charge in [-0.05, 0) is 37.1 Å². The second-order valence-electron chi connectivity index (χ2n) is 4.85. The van der Waals surface area contributed by atoms with Crippen molar-refractivity contribution in [1.82, 2.24) is 4.90 Å². The molecule has 0 aromatic heterocycles. The molecule has 1 aromatic rings. The van der Waals surface area contributed by atoms with Gasteiger partial charge in [0.05, 0.1) is 0 Å². The van der Waals surface area contributed by atoms with Crippen LogP contribution in [0, 0.1) is 0 Å². The first-order valence-electron chi connectivity index (χ1n) is 6.75. The fourth-order valence-electron chi connectivity index (χ4n) is 2.04. The maximum atomic E-state index is 12.1. The number of likely N-dealkylation sites (tertiary alicyclic amines) is 1. The highest BCUT2D eigenvalue weighted by Gasteiger charge is 2.38. The van der Waals surface area contributed by atoms with Crippen molar-refractivity contribution in [3.8, 4) is 5.75 Å². The number of anilines is 1. The molecule has 0 spiro atoms. The summed E-state index contributed by atoms with van der Waals surface area (Å²) in [5.74, 6) is -1.81. The molecule has 22 heavy (non-hydrogen) atoms. The summed E-state index contributed by atoms with van der Waals surface area (Å²) in [7, 11) is 0. The molecular weight excluding hydrogens is 301 g/mol. The Hall–Kier alpha value is -2.25. The lowest BCUT2D eigenvalue weighted by Gasteiger charge is -2.15. The average molecular weight is 316 g/mol. The maximum absolute atomic E-state index is 12.1. The third-order valence-electron chi connectivity index (χ3n) is 3.19. The monoisotopic (exact) mass is 316 g/mol. The molecule has 2 amide bonds. The van der Waals surface area contributed by atoms with Gasteiger partial charge in [-0.15, -0.1) is 0 Å². The minimum atomic E-state index is -4.93. The van der Waals surface area contributed by atoms with E-state index in [4.69, 9.17) is 4.74 Å². The topological polar surface area (TPSA) is 58.6 Å². The smallest absolute Gasteiger partial charge is 0.471 e. The highest BCUT2D eigenvalue weighted by molar-refractivity contribution is 5.94. The molecule has 1 aromatic carbocycles. The lowest BCUT2D eigenvalue weighted by molar-refractivity contribution is -0.167. The Morgan fingerprint density at radius 2 is 1.73 bits per heavy atom. The number of alkyl halides is 3. The van der Waals surface area contributed by atoms with Crippen molar-refractivity contribution in [2.45, 2.75) is 19.0 Å². The fourth-order valence-corrected chi connectivity index (χ4v) is 2.04. The molecule has 0 atom stereocenters. The van der Waals surface area contributed by atoms with E-state index in [1.54, 1.807) is 10.2 Å². The summed E-state index contributed by atoms with van der Waals surface area (Å²) in [5.41, 5.74) is 0.000504. The highest BCUT2D eigenvalue weighted by Crippen LogP contribution is 2.20. The van der Waals surface area contributed by atoms with E-state index in [1.807, 2.05) is 0 Å². The first-order chi connectivity index (χ1) is 10.4. The number of carbonyl (C=O) groups excluding carboxylic acids is 2. The van der Waals surface area contributed by atoms with E-state index in [9.17, 15) is 22.8 Å². The molecule has 0 unspecified atom stereocenters. The molecule has 0 aliphatic carbocycles. The summed E-state index contributed by atoms with van der Waals surface area (Å²) < 4.78 is 41.6. The van der Waals surface area contributed by atoms with Gasteiger partial charge in [0, 0.05) is 18.8 Å². The quantitative estimate of drug-likeness (QED) is 0.926. The molecule has 1 aliphatic rings. The molecule has 2 rings (SSSR count). The van der Waals surface area contributed by atoms with E-state index in [1.165, 1.54) is 24.3 Å². The summed E-state index contributed by atoms with van der Waals surface area (Å²) in [4.78, 5) is 24.2. The molecule has 5 nitrogen and oxygen atoms in total.